The van der Waals surface area contributed by atoms with Crippen LogP contribution in [0, 0.1) is 11.8 Å². The molecular formula is C18H26S3. The molecule has 0 atom stereocenters. The first-order valence-corrected chi connectivity index (χ1v) is 11.3. The number of rotatable bonds is 12. The van der Waals surface area contributed by atoms with Crippen LogP contribution < -0.4 is 0 Å². The van der Waals surface area contributed by atoms with Crippen molar-refractivity contribution in [1.29, 1.82) is 0 Å². The summed E-state index contributed by atoms with van der Waals surface area (Å²) in [5, 5.41) is 0. The lowest BCUT2D eigenvalue weighted by Crippen LogP contribution is -1.96. The molecular weight excluding hydrogens is 312 g/mol. The van der Waals surface area contributed by atoms with E-state index in [0.717, 1.165) is 0 Å². The van der Waals surface area contributed by atoms with Crippen LogP contribution in [0.1, 0.15) is 12.8 Å². The molecule has 0 aliphatic heterocycles. The van der Waals surface area contributed by atoms with Crippen LogP contribution in [-0.4, -0.2) is 34.5 Å². The van der Waals surface area contributed by atoms with E-state index >= 15 is 0 Å². The first-order chi connectivity index (χ1) is 10.4. The van der Waals surface area contributed by atoms with Crippen molar-refractivity contribution in [2.75, 3.05) is 34.5 Å². The highest BCUT2D eigenvalue weighted by molar-refractivity contribution is 8.04. The van der Waals surface area contributed by atoms with E-state index in [-0.39, 0.29) is 0 Å². The molecule has 116 valence electrons. The van der Waals surface area contributed by atoms with Crippen molar-refractivity contribution < 1.29 is 0 Å². The van der Waals surface area contributed by atoms with E-state index < -0.39 is 0 Å². The second kappa shape index (κ2) is 11.6. The van der Waals surface area contributed by atoms with Crippen molar-refractivity contribution >= 4 is 35.3 Å². The van der Waals surface area contributed by atoms with E-state index in [4.69, 9.17) is 0 Å². The monoisotopic (exact) mass is 338 g/mol. The summed E-state index contributed by atoms with van der Waals surface area (Å²) in [4.78, 5) is 0. The average Bonchev–Trinajstić information content (AvgIpc) is 3.18. The minimum absolute atomic E-state index is 0.714. The maximum atomic E-state index is 2.31. The van der Waals surface area contributed by atoms with Crippen molar-refractivity contribution in [2.45, 2.75) is 12.8 Å². The highest BCUT2D eigenvalue weighted by atomic mass is 32.2. The second-order valence-electron chi connectivity index (χ2n) is 5.28. The summed E-state index contributed by atoms with van der Waals surface area (Å²) >= 11 is 6.35. The Labute approximate surface area is 143 Å². The Morgan fingerprint density at radius 2 is 0.810 bits per heavy atom. The summed E-state index contributed by atoms with van der Waals surface area (Å²) in [6.07, 6.45) is 20.5. The standard InChI is InChI=1S/C18H26S3/c1-2-6-17(5-1)9-11-19-13-15-21-16-14-20-12-10-18-7-3-4-8-18/h1-8,17-18H,9-16H2. The van der Waals surface area contributed by atoms with Gasteiger partial charge in [0.25, 0.3) is 0 Å². The van der Waals surface area contributed by atoms with Gasteiger partial charge in [-0.25, -0.2) is 0 Å². The molecule has 0 aromatic heterocycles. The van der Waals surface area contributed by atoms with E-state index in [1.54, 1.807) is 0 Å². The summed E-state index contributed by atoms with van der Waals surface area (Å²) in [7, 11) is 0. The molecule has 0 fully saturated rings. The van der Waals surface area contributed by atoms with Crippen LogP contribution in [0.4, 0.5) is 0 Å². The predicted molar refractivity (Wildman–Crippen MR) is 105 cm³/mol. The van der Waals surface area contributed by atoms with Gasteiger partial charge < -0.3 is 0 Å². The Morgan fingerprint density at radius 3 is 1.19 bits per heavy atom. The van der Waals surface area contributed by atoms with E-state index in [1.165, 1.54) is 47.4 Å². The molecule has 0 aromatic carbocycles. The fourth-order valence-electron chi connectivity index (χ4n) is 2.32. The van der Waals surface area contributed by atoms with Gasteiger partial charge in [-0.1, -0.05) is 48.6 Å². The van der Waals surface area contributed by atoms with E-state index in [0.29, 0.717) is 11.8 Å². The molecule has 0 radical (unpaired) electrons. The number of hydrogen-bond donors (Lipinski definition) is 0. The minimum atomic E-state index is 0.714. The molecule has 0 saturated heterocycles. The Hall–Kier alpha value is 0.01000. The molecule has 0 aromatic rings. The Morgan fingerprint density at radius 1 is 0.476 bits per heavy atom. The van der Waals surface area contributed by atoms with Crippen LogP contribution >= 0.6 is 35.3 Å². The molecule has 21 heavy (non-hydrogen) atoms. The number of allylic oxidation sites excluding steroid dienone is 8. The molecule has 2 aliphatic rings. The Bertz CT molecular complexity index is 322. The summed E-state index contributed by atoms with van der Waals surface area (Å²) < 4.78 is 0. The third kappa shape index (κ3) is 8.27. The zero-order valence-corrected chi connectivity index (χ0v) is 15.1. The molecule has 2 aliphatic carbocycles. The molecule has 0 saturated carbocycles. The first-order valence-electron chi connectivity index (χ1n) is 7.88. The zero-order chi connectivity index (χ0) is 14.6. The molecule has 3 heteroatoms. The summed E-state index contributed by atoms with van der Waals surface area (Å²) in [6, 6.07) is 0. The quantitative estimate of drug-likeness (QED) is 0.434. The fraction of sp³-hybridized carbons (Fsp3) is 0.556. The van der Waals surface area contributed by atoms with Crippen LogP contribution in [0.3, 0.4) is 0 Å². The lowest BCUT2D eigenvalue weighted by molar-refractivity contribution is 0.793. The lowest BCUT2D eigenvalue weighted by Gasteiger charge is -2.06. The summed E-state index contributed by atoms with van der Waals surface area (Å²) in [5.74, 6) is 9.29. The maximum Gasteiger partial charge on any atom is 0.00238 e. The SMILES string of the molecule is C1=CC(CCSCCSCCSCCC2C=CC=C2)C=C1. The first kappa shape index (κ1) is 17.4. The van der Waals surface area contributed by atoms with Gasteiger partial charge in [0.2, 0.25) is 0 Å². The van der Waals surface area contributed by atoms with Crippen LogP contribution in [0.2, 0.25) is 0 Å². The van der Waals surface area contributed by atoms with Crippen LogP contribution in [0.5, 0.6) is 0 Å². The Kier molecular flexibility index (Phi) is 9.56. The van der Waals surface area contributed by atoms with Gasteiger partial charge in [0.15, 0.2) is 0 Å². The van der Waals surface area contributed by atoms with Crippen molar-refractivity contribution in [3.63, 3.8) is 0 Å². The molecule has 0 heterocycles. The summed E-state index contributed by atoms with van der Waals surface area (Å²) in [6.45, 7) is 0. The van der Waals surface area contributed by atoms with Crippen molar-refractivity contribution in [3.05, 3.63) is 48.6 Å². The van der Waals surface area contributed by atoms with E-state index in [9.17, 15) is 0 Å². The van der Waals surface area contributed by atoms with Gasteiger partial charge in [-0.2, -0.15) is 35.3 Å². The van der Waals surface area contributed by atoms with Gasteiger partial charge in [0.1, 0.15) is 0 Å². The average molecular weight is 339 g/mol. The van der Waals surface area contributed by atoms with E-state index in [1.807, 2.05) is 0 Å². The normalized spacial score (nSPS) is 17.5. The van der Waals surface area contributed by atoms with Crippen molar-refractivity contribution in [1.82, 2.24) is 0 Å². The molecule has 0 amide bonds. The smallest absolute Gasteiger partial charge is 0.00238 e. The molecule has 0 spiro atoms. The summed E-state index contributed by atoms with van der Waals surface area (Å²) in [5.41, 5.74) is 0. The zero-order valence-electron chi connectivity index (χ0n) is 12.7. The third-order valence-electron chi connectivity index (χ3n) is 3.59. The van der Waals surface area contributed by atoms with E-state index in [2.05, 4.69) is 83.9 Å². The van der Waals surface area contributed by atoms with Gasteiger partial charge >= 0.3 is 0 Å². The third-order valence-corrected chi connectivity index (χ3v) is 7.13. The Balaban J connectivity index is 1.28. The maximum absolute atomic E-state index is 2.31. The largest absolute Gasteiger partial charge is 0.161 e. The molecule has 0 N–H and O–H groups in total. The van der Waals surface area contributed by atoms with Gasteiger partial charge in [-0.15, -0.1) is 0 Å². The van der Waals surface area contributed by atoms with Crippen molar-refractivity contribution in [3.8, 4) is 0 Å². The molecule has 0 unspecified atom stereocenters. The van der Waals surface area contributed by atoms with Gasteiger partial charge in [-0.05, 0) is 36.2 Å². The van der Waals surface area contributed by atoms with Crippen LogP contribution in [0.25, 0.3) is 0 Å². The van der Waals surface area contributed by atoms with Gasteiger partial charge in [-0.3, -0.25) is 0 Å². The van der Waals surface area contributed by atoms with Crippen LogP contribution in [-0.2, 0) is 0 Å². The van der Waals surface area contributed by atoms with Crippen molar-refractivity contribution in [2.24, 2.45) is 11.8 Å². The number of thioether (sulfide) groups is 3. The highest BCUT2D eigenvalue weighted by Crippen LogP contribution is 2.19. The molecule has 2 rings (SSSR count). The predicted octanol–water partition coefficient (Wildman–Crippen LogP) is 5.45. The molecule has 0 nitrogen and oxygen atoms in total. The number of hydrogen-bond acceptors (Lipinski definition) is 3. The lowest BCUT2D eigenvalue weighted by atomic mass is 10.1. The van der Waals surface area contributed by atoms with Crippen LogP contribution in [0.15, 0.2) is 48.6 Å². The fourth-order valence-corrected chi connectivity index (χ4v) is 5.70. The minimum Gasteiger partial charge on any atom is -0.161 e. The molecule has 0 bridgehead atoms. The second-order valence-corrected chi connectivity index (χ2v) is 8.96. The topological polar surface area (TPSA) is 0 Å². The highest BCUT2D eigenvalue weighted by Gasteiger charge is 2.04. The van der Waals surface area contributed by atoms with Gasteiger partial charge in [0.05, 0.1) is 0 Å². The van der Waals surface area contributed by atoms with Gasteiger partial charge in [0, 0.05) is 23.0 Å².